The number of aryl methyl sites for hydroxylation is 1. The van der Waals surface area contributed by atoms with Gasteiger partial charge in [-0.3, -0.25) is 9.69 Å². The van der Waals surface area contributed by atoms with Crippen LogP contribution in [0.2, 0.25) is 5.02 Å². The molecule has 1 aliphatic rings. The first kappa shape index (κ1) is 20.3. The monoisotopic (exact) mass is 432 g/mol. The number of ether oxygens (including phenoxy) is 1. The minimum atomic E-state index is -0.121. The van der Waals surface area contributed by atoms with Gasteiger partial charge in [0.05, 0.1) is 29.5 Å². The van der Waals surface area contributed by atoms with Crippen molar-refractivity contribution in [3.63, 3.8) is 0 Å². The van der Waals surface area contributed by atoms with Crippen molar-refractivity contribution < 1.29 is 9.53 Å². The summed E-state index contributed by atoms with van der Waals surface area (Å²) in [6, 6.07) is 9.50. The van der Waals surface area contributed by atoms with Crippen molar-refractivity contribution in [3.05, 3.63) is 45.9 Å². The number of carbonyl (C=O) groups is 1. The first-order valence-electron chi connectivity index (χ1n) is 9.71. The Kier molecular flexibility index (Phi) is 5.66. The number of morpholine rings is 1. The lowest BCUT2D eigenvalue weighted by Gasteiger charge is -2.40. The van der Waals surface area contributed by atoms with Crippen LogP contribution in [0.4, 0.5) is 0 Å². The number of benzene rings is 1. The normalized spacial score (nSPS) is 15.7. The Hall–Kier alpha value is -1.93. The Bertz CT molecular complexity index is 1040. The van der Waals surface area contributed by atoms with Crippen molar-refractivity contribution in [2.45, 2.75) is 26.3 Å². The van der Waals surface area contributed by atoms with Crippen molar-refractivity contribution in [2.24, 2.45) is 0 Å². The predicted octanol–water partition coefficient (Wildman–Crippen LogP) is 3.89. The van der Waals surface area contributed by atoms with E-state index >= 15 is 0 Å². The molecule has 4 rings (SSSR count). The highest BCUT2D eigenvalue weighted by Gasteiger charge is 2.29. The Morgan fingerprint density at radius 1 is 1.31 bits per heavy atom. The van der Waals surface area contributed by atoms with E-state index in [1.165, 1.54) is 11.3 Å². The second-order valence-corrected chi connectivity index (χ2v) is 9.37. The van der Waals surface area contributed by atoms with Gasteiger partial charge in [0.1, 0.15) is 4.83 Å². The van der Waals surface area contributed by atoms with E-state index in [1.807, 2.05) is 41.9 Å². The van der Waals surface area contributed by atoms with E-state index < -0.39 is 0 Å². The minimum absolute atomic E-state index is 0.0513. The molecule has 154 valence electrons. The maximum absolute atomic E-state index is 12.9. The fourth-order valence-corrected chi connectivity index (χ4v) is 4.89. The number of nitrogens with zero attached hydrogens (tertiary/aromatic N) is 3. The molecule has 2 aromatic heterocycles. The van der Waals surface area contributed by atoms with Crippen molar-refractivity contribution in [1.82, 2.24) is 20.0 Å². The zero-order chi connectivity index (χ0) is 20.6. The van der Waals surface area contributed by atoms with Crippen LogP contribution in [0.3, 0.4) is 0 Å². The fraction of sp³-hybridized carbons (Fsp3) is 0.429. The number of rotatable bonds is 5. The summed E-state index contributed by atoms with van der Waals surface area (Å²) in [4.78, 5) is 16.9. The predicted molar refractivity (Wildman–Crippen MR) is 117 cm³/mol. The number of aromatic nitrogens is 2. The molecule has 0 atom stereocenters. The third kappa shape index (κ3) is 4.19. The first-order chi connectivity index (χ1) is 13.8. The number of nitrogens with one attached hydrogen (secondary N) is 1. The Morgan fingerprint density at radius 2 is 2.07 bits per heavy atom. The SMILES string of the molecule is Cc1nn(-c2cccc(Cl)c2)c2sc(C(=O)NCC(C)(C)N3CCOCC3)cc12. The van der Waals surface area contributed by atoms with Crippen LogP contribution < -0.4 is 5.32 Å². The molecule has 1 N–H and O–H groups in total. The van der Waals surface area contributed by atoms with Crippen LogP contribution in [0.15, 0.2) is 30.3 Å². The zero-order valence-corrected chi connectivity index (χ0v) is 18.4. The number of thiophene rings is 1. The van der Waals surface area contributed by atoms with Gasteiger partial charge in [-0.25, -0.2) is 4.68 Å². The average Bonchev–Trinajstić information content (AvgIpc) is 3.28. The molecule has 6 nitrogen and oxygen atoms in total. The second-order valence-electron chi connectivity index (χ2n) is 7.90. The molecule has 0 saturated carbocycles. The van der Waals surface area contributed by atoms with Gasteiger partial charge in [0.25, 0.3) is 5.91 Å². The third-order valence-electron chi connectivity index (χ3n) is 5.37. The van der Waals surface area contributed by atoms with Crippen LogP contribution in [0.5, 0.6) is 0 Å². The molecule has 8 heteroatoms. The Labute approximate surface area is 179 Å². The van der Waals surface area contributed by atoms with Crippen LogP contribution in [0.25, 0.3) is 15.9 Å². The Balaban J connectivity index is 1.53. The van der Waals surface area contributed by atoms with Crippen molar-refractivity contribution in [2.75, 3.05) is 32.8 Å². The van der Waals surface area contributed by atoms with Gasteiger partial charge < -0.3 is 10.1 Å². The highest BCUT2D eigenvalue weighted by molar-refractivity contribution is 7.20. The average molecular weight is 433 g/mol. The molecule has 1 saturated heterocycles. The molecule has 1 amide bonds. The molecule has 1 aliphatic heterocycles. The van der Waals surface area contributed by atoms with Crippen LogP contribution in [0, 0.1) is 6.92 Å². The number of fused-ring (bicyclic) bond motifs is 1. The summed E-state index contributed by atoms with van der Waals surface area (Å²) < 4.78 is 7.29. The molecule has 0 spiro atoms. The molecule has 1 fully saturated rings. The summed E-state index contributed by atoms with van der Waals surface area (Å²) in [6.45, 7) is 10.1. The number of halogens is 1. The first-order valence-corrected chi connectivity index (χ1v) is 10.9. The summed E-state index contributed by atoms with van der Waals surface area (Å²) >= 11 is 7.59. The van der Waals surface area contributed by atoms with E-state index in [1.54, 1.807) is 0 Å². The molecular weight excluding hydrogens is 408 g/mol. The van der Waals surface area contributed by atoms with Gasteiger partial charge in [-0.15, -0.1) is 11.3 Å². The van der Waals surface area contributed by atoms with Crippen molar-refractivity contribution in [3.8, 4) is 5.69 Å². The molecule has 29 heavy (non-hydrogen) atoms. The lowest BCUT2D eigenvalue weighted by atomic mass is 10.0. The molecule has 3 aromatic rings. The van der Waals surface area contributed by atoms with E-state index in [4.69, 9.17) is 16.3 Å². The number of amides is 1. The van der Waals surface area contributed by atoms with Gasteiger partial charge in [-0.05, 0) is 45.0 Å². The number of hydrogen-bond donors (Lipinski definition) is 1. The molecular formula is C21H25ClN4O2S. The van der Waals surface area contributed by atoms with Gasteiger partial charge in [0.2, 0.25) is 0 Å². The van der Waals surface area contributed by atoms with Gasteiger partial charge in [-0.2, -0.15) is 5.10 Å². The van der Waals surface area contributed by atoms with E-state index in [-0.39, 0.29) is 11.4 Å². The summed E-state index contributed by atoms with van der Waals surface area (Å²) in [5.74, 6) is -0.0513. The quantitative estimate of drug-likeness (QED) is 0.664. The van der Waals surface area contributed by atoms with Crippen LogP contribution in [0.1, 0.15) is 29.2 Å². The maximum atomic E-state index is 12.9. The summed E-state index contributed by atoms with van der Waals surface area (Å²) in [6.07, 6.45) is 0. The van der Waals surface area contributed by atoms with Crippen LogP contribution in [-0.2, 0) is 4.74 Å². The second kappa shape index (κ2) is 8.07. The van der Waals surface area contributed by atoms with Gasteiger partial charge in [-0.1, -0.05) is 17.7 Å². The van der Waals surface area contributed by atoms with Gasteiger partial charge in [0, 0.05) is 35.6 Å². The van der Waals surface area contributed by atoms with Crippen molar-refractivity contribution >= 4 is 39.1 Å². The molecule has 0 radical (unpaired) electrons. The number of carbonyl (C=O) groups excluding carboxylic acids is 1. The largest absolute Gasteiger partial charge is 0.379 e. The van der Waals surface area contributed by atoms with E-state index in [2.05, 4.69) is 29.2 Å². The van der Waals surface area contributed by atoms with E-state index in [0.29, 0.717) is 16.4 Å². The van der Waals surface area contributed by atoms with Gasteiger partial charge >= 0.3 is 0 Å². The molecule has 3 heterocycles. The standard InChI is InChI=1S/C21H25ClN4O2S/c1-14-17-12-18(19(27)23-13-21(2,3)25-7-9-28-10-8-25)29-20(17)26(24-14)16-6-4-5-15(22)11-16/h4-6,11-12H,7-10,13H2,1-3H3,(H,23,27). The summed E-state index contributed by atoms with van der Waals surface area (Å²) in [5, 5.41) is 9.39. The lowest BCUT2D eigenvalue weighted by molar-refractivity contribution is -0.00922. The topological polar surface area (TPSA) is 59.4 Å². The lowest BCUT2D eigenvalue weighted by Crippen LogP contribution is -2.55. The molecule has 0 unspecified atom stereocenters. The van der Waals surface area contributed by atoms with Crippen LogP contribution in [-0.4, -0.2) is 59.0 Å². The fourth-order valence-electron chi connectivity index (χ4n) is 3.61. The molecule has 0 aliphatic carbocycles. The molecule has 1 aromatic carbocycles. The Morgan fingerprint density at radius 3 is 2.79 bits per heavy atom. The van der Waals surface area contributed by atoms with Crippen LogP contribution >= 0.6 is 22.9 Å². The maximum Gasteiger partial charge on any atom is 0.261 e. The van der Waals surface area contributed by atoms with Crippen molar-refractivity contribution in [1.29, 1.82) is 0 Å². The minimum Gasteiger partial charge on any atom is -0.379 e. The third-order valence-corrected chi connectivity index (χ3v) is 6.71. The van der Waals surface area contributed by atoms with E-state index in [9.17, 15) is 4.79 Å². The van der Waals surface area contributed by atoms with E-state index in [0.717, 1.165) is 47.9 Å². The highest BCUT2D eigenvalue weighted by atomic mass is 35.5. The smallest absolute Gasteiger partial charge is 0.261 e. The number of hydrogen-bond acceptors (Lipinski definition) is 5. The molecule has 0 bridgehead atoms. The van der Waals surface area contributed by atoms with Gasteiger partial charge in [0.15, 0.2) is 0 Å². The highest BCUT2D eigenvalue weighted by Crippen LogP contribution is 2.31. The summed E-state index contributed by atoms with van der Waals surface area (Å²) in [7, 11) is 0. The zero-order valence-electron chi connectivity index (χ0n) is 16.9. The summed E-state index contributed by atoms with van der Waals surface area (Å²) in [5.41, 5.74) is 1.66.